The van der Waals surface area contributed by atoms with E-state index in [9.17, 15) is 43.5 Å². The quantitative estimate of drug-likeness (QED) is 0.0146. The maximum Gasteiger partial charge on any atom is 0.472 e. The van der Waals surface area contributed by atoms with Crippen molar-refractivity contribution in [1.29, 1.82) is 0 Å². The van der Waals surface area contributed by atoms with E-state index >= 15 is 0 Å². The number of carbonyl (C=O) groups is 3. The zero-order valence-electron chi connectivity index (χ0n) is 71.8. The van der Waals surface area contributed by atoms with Gasteiger partial charge in [0, 0.05) is 19.3 Å². The minimum Gasteiger partial charge on any atom is -0.463 e. The molecule has 0 bridgehead atoms. The van der Waals surface area contributed by atoms with Gasteiger partial charge in [0.05, 0.1) is 26.4 Å². The molecule has 18 heteroatoms. The number of hydrogen-bond acceptors (Lipinski definition) is 14. The monoisotopic (exact) mass is 1630 g/mol. The van der Waals surface area contributed by atoms with E-state index in [4.69, 9.17) is 32.3 Å². The van der Waals surface area contributed by atoms with Gasteiger partial charge in [0.25, 0.3) is 0 Å². The summed E-state index contributed by atoms with van der Waals surface area (Å²) < 4.78 is 61.4. The number of unbranched alkanes of at least 4 members (excludes halogenated alkanes) is 41. The van der Waals surface area contributed by atoms with Crippen molar-refractivity contribution in [2.45, 2.75) is 411 Å². The molecule has 0 saturated heterocycles. The van der Waals surface area contributed by atoms with E-state index in [0.29, 0.717) is 19.3 Å². The Labute approximate surface area is 690 Å². The normalized spacial score (nSPS) is 14.4. The second-order valence-electron chi connectivity index (χ2n) is 30.4. The molecule has 0 fully saturated rings. The predicted octanol–water partition coefficient (Wildman–Crippen LogP) is 27.8. The summed E-state index contributed by atoms with van der Waals surface area (Å²) in [6.07, 6.45) is 108. The predicted molar refractivity (Wildman–Crippen MR) is 473 cm³/mol. The Bertz CT molecular complexity index is 2580. The summed E-state index contributed by atoms with van der Waals surface area (Å²) in [6, 6.07) is 0. The topological polar surface area (TPSA) is 231 Å². The zero-order valence-corrected chi connectivity index (χ0v) is 73.6. The van der Waals surface area contributed by atoms with Gasteiger partial charge in [-0.05, 0) is 141 Å². The van der Waals surface area contributed by atoms with Crippen LogP contribution in [0.25, 0.3) is 0 Å². The molecule has 0 saturated carbocycles. The fraction of sp³-hybridized carbons (Fsp3) is 0.737. The van der Waals surface area contributed by atoms with Gasteiger partial charge in [0.2, 0.25) is 0 Å². The lowest BCUT2D eigenvalue weighted by molar-refractivity contribution is -0.161. The Kier molecular flexibility index (Phi) is 83.7. The summed E-state index contributed by atoms with van der Waals surface area (Å²) in [5, 5.41) is 20.7. The van der Waals surface area contributed by atoms with Crippen LogP contribution in [0.15, 0.2) is 134 Å². The molecular weight excluding hydrogens is 1460 g/mol. The van der Waals surface area contributed by atoms with Gasteiger partial charge >= 0.3 is 33.6 Å². The summed E-state index contributed by atoms with van der Waals surface area (Å²) in [4.78, 5) is 58.9. The van der Waals surface area contributed by atoms with Crippen molar-refractivity contribution in [1.82, 2.24) is 0 Å². The molecule has 5 atom stereocenters. The van der Waals surface area contributed by atoms with Crippen LogP contribution in [0.3, 0.4) is 0 Å². The second-order valence-corrected chi connectivity index (χ2v) is 33.3. The Hall–Kier alpha value is -4.31. The van der Waals surface area contributed by atoms with Gasteiger partial charge in [0.1, 0.15) is 25.4 Å². The first-order valence-corrected chi connectivity index (χ1v) is 48.5. The highest BCUT2D eigenvalue weighted by atomic mass is 31.2. The molecule has 0 aromatic heterocycles. The maximum atomic E-state index is 13.0. The fourth-order valence-electron chi connectivity index (χ4n) is 12.4. The Morgan fingerprint density at radius 1 is 0.257 bits per heavy atom. The average molecular weight is 1630 g/mol. The third-order valence-electron chi connectivity index (χ3n) is 19.3. The maximum absolute atomic E-state index is 13.0. The molecule has 0 aromatic rings. The molecule has 16 nitrogen and oxygen atoms in total. The van der Waals surface area contributed by atoms with Gasteiger partial charge in [0.15, 0.2) is 6.10 Å². The van der Waals surface area contributed by atoms with Gasteiger partial charge in [-0.15, -0.1) is 0 Å². The largest absolute Gasteiger partial charge is 0.472 e. The number of aliphatic hydroxyl groups is 2. The minimum absolute atomic E-state index is 0.0912. The van der Waals surface area contributed by atoms with E-state index in [0.717, 1.165) is 154 Å². The number of allylic oxidation sites excluding steroid dienone is 22. The zero-order chi connectivity index (χ0) is 82.2. The Morgan fingerprint density at radius 2 is 0.469 bits per heavy atom. The first-order valence-electron chi connectivity index (χ1n) is 45.5. The van der Waals surface area contributed by atoms with Crippen molar-refractivity contribution >= 4 is 33.6 Å². The molecule has 0 aromatic carbocycles. The van der Waals surface area contributed by atoms with Gasteiger partial charge in [-0.2, -0.15) is 0 Å². The van der Waals surface area contributed by atoms with Gasteiger partial charge in [-0.3, -0.25) is 32.5 Å². The molecule has 113 heavy (non-hydrogen) atoms. The van der Waals surface area contributed by atoms with Crippen LogP contribution < -0.4 is 0 Å². The molecule has 0 rings (SSSR count). The fourth-order valence-corrected chi connectivity index (χ4v) is 14.0. The van der Waals surface area contributed by atoms with Crippen LogP contribution in [0, 0.1) is 0 Å². The van der Waals surface area contributed by atoms with E-state index in [1.165, 1.54) is 180 Å². The summed E-state index contributed by atoms with van der Waals surface area (Å²) in [6.45, 7) is 2.55. The third kappa shape index (κ3) is 88.3. The summed E-state index contributed by atoms with van der Waals surface area (Å²) in [5.41, 5.74) is 0. The van der Waals surface area contributed by atoms with Crippen LogP contribution in [0.4, 0.5) is 0 Å². The van der Waals surface area contributed by atoms with E-state index in [-0.39, 0.29) is 19.3 Å². The average Bonchev–Trinajstić information content (AvgIpc) is 0.898. The van der Waals surface area contributed by atoms with E-state index in [1.807, 2.05) is 0 Å². The van der Waals surface area contributed by atoms with Crippen LogP contribution in [-0.4, -0.2) is 95.9 Å². The summed E-state index contributed by atoms with van der Waals surface area (Å²) in [7, 11) is -9.80. The highest BCUT2D eigenvalue weighted by molar-refractivity contribution is 7.47. The lowest BCUT2D eigenvalue weighted by Crippen LogP contribution is -2.30. The van der Waals surface area contributed by atoms with Crippen LogP contribution in [0.5, 0.6) is 0 Å². The van der Waals surface area contributed by atoms with Gasteiger partial charge < -0.3 is 34.2 Å². The van der Waals surface area contributed by atoms with Gasteiger partial charge in [-0.25, -0.2) is 9.13 Å². The number of phosphoric acid groups is 2. The number of phosphoric ester groups is 2. The number of hydrogen-bond donors (Lipinski definition) is 4. The molecule has 0 aliphatic heterocycles. The molecule has 0 amide bonds. The van der Waals surface area contributed by atoms with Crippen molar-refractivity contribution in [2.75, 3.05) is 39.6 Å². The highest BCUT2D eigenvalue weighted by Crippen LogP contribution is 2.45. The molecule has 0 radical (unpaired) electrons. The smallest absolute Gasteiger partial charge is 0.463 e. The highest BCUT2D eigenvalue weighted by Gasteiger charge is 2.29. The molecule has 0 aliphatic carbocycles. The number of aliphatic hydroxyl groups excluding tert-OH is 2. The van der Waals surface area contributed by atoms with Crippen molar-refractivity contribution in [3.63, 3.8) is 0 Å². The molecule has 4 N–H and O–H groups in total. The van der Waals surface area contributed by atoms with Crippen LogP contribution in [-0.2, 0) is 55.8 Å². The lowest BCUT2D eigenvalue weighted by Gasteiger charge is -2.21. The number of rotatable bonds is 86. The Balaban J connectivity index is 4.49. The van der Waals surface area contributed by atoms with Crippen LogP contribution in [0.2, 0.25) is 0 Å². The lowest BCUT2D eigenvalue weighted by atomic mass is 10.0. The van der Waals surface area contributed by atoms with Crippen LogP contribution in [0.1, 0.15) is 393 Å². The third-order valence-corrected chi connectivity index (χ3v) is 21.2. The molecule has 0 spiro atoms. The molecule has 0 aliphatic rings. The summed E-state index contributed by atoms with van der Waals surface area (Å²) in [5.74, 6) is -1.58. The van der Waals surface area contributed by atoms with Crippen molar-refractivity contribution in [2.24, 2.45) is 0 Å². The first kappa shape index (κ1) is 109. The number of ether oxygens (including phenoxy) is 3. The van der Waals surface area contributed by atoms with E-state index in [1.54, 1.807) is 0 Å². The summed E-state index contributed by atoms with van der Waals surface area (Å²) >= 11 is 0. The molecular formula is C95H166O16P2. The van der Waals surface area contributed by atoms with E-state index in [2.05, 4.69) is 154 Å². The number of esters is 3. The molecule has 652 valence electrons. The SMILES string of the molecule is CC/C=C\C/C=C\C/C=C\CCCCCCCCCC(=O)OC(COC(=O)CCCCCCCCCCCCC/C=C\C/C=C\C/C=C\C/C=C\CCCCC)COP(=O)(O)OCC(O)COP(=O)(O)OCC(O)COC(=O)CCCCCCCCCCCCCCCCCCC/C=C\C/C=C\C/C=C\C/C=C\CCCCC. The molecule has 0 heterocycles. The minimum atomic E-state index is -4.94. The van der Waals surface area contributed by atoms with E-state index < -0.39 is 91.5 Å². The van der Waals surface area contributed by atoms with Gasteiger partial charge in [-0.1, -0.05) is 366 Å². The van der Waals surface area contributed by atoms with Crippen LogP contribution >= 0.6 is 15.6 Å². The molecule has 5 unspecified atom stereocenters. The first-order chi connectivity index (χ1) is 55.2. The Morgan fingerprint density at radius 3 is 0.743 bits per heavy atom. The second kappa shape index (κ2) is 87.0. The van der Waals surface area contributed by atoms with Crippen molar-refractivity contribution < 1.29 is 75.8 Å². The standard InChI is InChI=1S/C95H166O16P2/c1-4-7-10-13-16-19-22-25-28-31-33-35-37-39-41-42-43-44-45-46-48-50-51-53-55-58-60-63-66-69-72-75-78-81-93(98)105-84-90(96)85-107-112(101,102)108-86-91(97)87-109-113(103,104)110-89-92(111-95(100)83-80-77-74-71-68-65-62-57-30-27-24-21-18-15-12-9-6-3)88-106-94(99)82-79-76-73-70-67-64-61-59-56-54-52-49-47-40-38-36-34-32-29-26-23-20-17-14-11-8-5-2/h9,12,16-21,25-30,33-36,39-41,47,90-92,96-97H,4-8,10-11,13-15,22-24,31-32,37-38,42-46,48-89H2,1-3H3,(H,101,102)(H,103,104)/b12-9-,19-16-,20-17-,21-18-,28-25-,29-26-,30-27-,35-33-,36-34-,41-39-,47-40-. The number of carbonyl (C=O) groups excluding carboxylic acids is 3. The van der Waals surface area contributed by atoms with Crippen molar-refractivity contribution in [3.8, 4) is 0 Å². The van der Waals surface area contributed by atoms with Crippen molar-refractivity contribution in [3.05, 3.63) is 134 Å².